The predicted octanol–water partition coefficient (Wildman–Crippen LogP) is 1.55. The Morgan fingerprint density at radius 3 is 1.79 bits per heavy atom. The van der Waals surface area contributed by atoms with Crippen LogP contribution in [0.1, 0.15) is 27.7 Å². The highest BCUT2D eigenvalue weighted by Gasteiger charge is 2.35. The van der Waals surface area contributed by atoms with Crippen LogP contribution in [0.4, 0.5) is 5.69 Å². The zero-order valence-corrected chi connectivity index (χ0v) is 14.3. The summed E-state index contributed by atoms with van der Waals surface area (Å²) >= 11 is 0. The first kappa shape index (κ1) is 19.6. The minimum Gasteiger partial charge on any atom is -0.366 e. The van der Waals surface area contributed by atoms with Crippen LogP contribution in [0.2, 0.25) is 0 Å². The van der Waals surface area contributed by atoms with Gasteiger partial charge in [0.2, 0.25) is 6.17 Å². The summed E-state index contributed by atoms with van der Waals surface area (Å²) < 4.78 is 0. The average molecular weight is 337 g/mol. The molecule has 0 aromatic heterocycles. The zero-order chi connectivity index (χ0) is 18.1. The third kappa shape index (κ3) is 5.98. The molecule has 0 aliphatic heterocycles. The van der Waals surface area contributed by atoms with Gasteiger partial charge in [0.1, 0.15) is 0 Å². The van der Waals surface area contributed by atoms with Crippen LogP contribution in [-0.2, 0) is 24.1 Å². The summed E-state index contributed by atoms with van der Waals surface area (Å²) in [5.74, 6) is -1.64. The third-order valence-electron chi connectivity index (χ3n) is 2.94. The number of likely N-dealkylation sites (N-methyl/N-ethyl adjacent to an activating group) is 2. The van der Waals surface area contributed by atoms with Gasteiger partial charge in [-0.1, -0.05) is 18.2 Å². The lowest BCUT2D eigenvalue weighted by atomic mass is 10.3. The molecule has 0 aliphatic carbocycles. The van der Waals surface area contributed by atoms with Crippen molar-refractivity contribution in [2.45, 2.75) is 33.9 Å². The van der Waals surface area contributed by atoms with Crippen LogP contribution in [-0.4, -0.2) is 47.2 Å². The maximum Gasteiger partial charge on any atom is 0.322 e. The Bertz CT molecular complexity index is 540. The second-order valence-corrected chi connectivity index (χ2v) is 4.86. The van der Waals surface area contributed by atoms with E-state index in [1.54, 1.807) is 38.1 Å². The molecule has 0 spiro atoms. The summed E-state index contributed by atoms with van der Waals surface area (Å²) in [6, 6.07) is 8.82. The van der Waals surface area contributed by atoms with Crippen molar-refractivity contribution in [3.63, 3.8) is 0 Å². The highest BCUT2D eigenvalue weighted by molar-refractivity contribution is 5.94. The van der Waals surface area contributed by atoms with E-state index in [2.05, 4.69) is 5.32 Å². The fraction of sp³-hybridized carbons (Fsp3) is 0.438. The molecule has 24 heavy (non-hydrogen) atoms. The van der Waals surface area contributed by atoms with Crippen molar-refractivity contribution in [2.24, 2.45) is 0 Å². The molecule has 0 heterocycles. The molecule has 8 heteroatoms. The standard InChI is InChI=1S/C16H23N3O5/c1-5-18(23-12(3)20)16(19(6-2)24-13(4)21)15(22)17-14-10-8-7-9-11-14/h7-11,16H,5-6H2,1-4H3,(H,17,22). The number of hydrogen-bond donors (Lipinski definition) is 1. The van der Waals surface area contributed by atoms with Crippen molar-refractivity contribution in [3.05, 3.63) is 30.3 Å². The van der Waals surface area contributed by atoms with Crippen LogP contribution in [0.5, 0.6) is 0 Å². The molecule has 0 unspecified atom stereocenters. The van der Waals surface area contributed by atoms with E-state index in [4.69, 9.17) is 9.68 Å². The monoisotopic (exact) mass is 337 g/mol. The van der Waals surface area contributed by atoms with Gasteiger partial charge in [0, 0.05) is 32.6 Å². The van der Waals surface area contributed by atoms with Gasteiger partial charge in [-0.05, 0) is 26.0 Å². The first-order valence-electron chi connectivity index (χ1n) is 7.65. The lowest BCUT2D eigenvalue weighted by molar-refractivity contribution is -0.264. The van der Waals surface area contributed by atoms with E-state index in [-0.39, 0.29) is 13.1 Å². The largest absolute Gasteiger partial charge is 0.366 e. The minimum absolute atomic E-state index is 0.226. The SMILES string of the molecule is CCN(OC(C)=O)C(C(=O)Nc1ccccc1)N(CC)OC(C)=O. The van der Waals surface area contributed by atoms with Gasteiger partial charge in [-0.25, -0.2) is 0 Å². The summed E-state index contributed by atoms with van der Waals surface area (Å²) in [5.41, 5.74) is 0.574. The van der Waals surface area contributed by atoms with Crippen LogP contribution in [0, 0.1) is 0 Å². The molecule has 1 aromatic carbocycles. The lowest BCUT2D eigenvalue weighted by Crippen LogP contribution is -2.55. The Kier molecular flexibility index (Phi) is 7.87. The number of hydrogen-bond acceptors (Lipinski definition) is 7. The minimum atomic E-state index is -1.12. The molecule has 1 N–H and O–H groups in total. The topological polar surface area (TPSA) is 88.2 Å². The number of amides is 1. The summed E-state index contributed by atoms with van der Waals surface area (Å²) in [6.07, 6.45) is -1.12. The van der Waals surface area contributed by atoms with Crippen molar-refractivity contribution >= 4 is 23.5 Å². The smallest absolute Gasteiger partial charge is 0.322 e. The Morgan fingerprint density at radius 1 is 0.958 bits per heavy atom. The van der Waals surface area contributed by atoms with Crippen LogP contribution in [0.3, 0.4) is 0 Å². The quantitative estimate of drug-likeness (QED) is 0.569. The van der Waals surface area contributed by atoms with Crippen molar-refractivity contribution in [1.29, 1.82) is 0 Å². The number of carbonyl (C=O) groups excluding carboxylic acids is 3. The molecule has 1 amide bonds. The van der Waals surface area contributed by atoms with E-state index >= 15 is 0 Å². The number of nitrogens with one attached hydrogen (secondary N) is 1. The van der Waals surface area contributed by atoms with E-state index in [0.29, 0.717) is 5.69 Å². The van der Waals surface area contributed by atoms with Gasteiger partial charge in [0.05, 0.1) is 0 Å². The molecule has 0 bridgehead atoms. The fourth-order valence-electron chi connectivity index (χ4n) is 2.04. The van der Waals surface area contributed by atoms with Crippen molar-refractivity contribution < 1.29 is 24.1 Å². The number of carbonyl (C=O) groups is 3. The van der Waals surface area contributed by atoms with Crippen molar-refractivity contribution in [3.8, 4) is 0 Å². The maximum absolute atomic E-state index is 12.7. The van der Waals surface area contributed by atoms with Crippen LogP contribution in [0.25, 0.3) is 0 Å². The van der Waals surface area contributed by atoms with Gasteiger partial charge in [0.15, 0.2) is 0 Å². The number of rotatable bonds is 8. The lowest BCUT2D eigenvalue weighted by Gasteiger charge is -2.34. The second kappa shape index (κ2) is 9.64. The van der Waals surface area contributed by atoms with Gasteiger partial charge in [0.25, 0.3) is 5.91 Å². The molecular weight excluding hydrogens is 314 g/mol. The van der Waals surface area contributed by atoms with E-state index in [9.17, 15) is 14.4 Å². The van der Waals surface area contributed by atoms with Crippen molar-refractivity contribution in [1.82, 2.24) is 10.1 Å². The highest BCUT2D eigenvalue weighted by atomic mass is 16.7. The first-order valence-corrected chi connectivity index (χ1v) is 7.65. The predicted molar refractivity (Wildman–Crippen MR) is 87.2 cm³/mol. The summed E-state index contributed by atoms with van der Waals surface area (Å²) in [4.78, 5) is 45.5. The summed E-state index contributed by atoms with van der Waals surface area (Å²) in [6.45, 7) is 6.35. The zero-order valence-electron chi connectivity index (χ0n) is 14.3. The Balaban J connectivity index is 3.07. The molecule has 0 fully saturated rings. The van der Waals surface area contributed by atoms with Crippen LogP contribution in [0.15, 0.2) is 30.3 Å². The summed E-state index contributed by atoms with van der Waals surface area (Å²) in [7, 11) is 0. The molecule has 0 saturated carbocycles. The maximum atomic E-state index is 12.7. The summed E-state index contributed by atoms with van der Waals surface area (Å²) in [5, 5.41) is 5.03. The van der Waals surface area contributed by atoms with Crippen LogP contribution < -0.4 is 5.32 Å². The van der Waals surface area contributed by atoms with Gasteiger partial charge in [-0.3, -0.25) is 14.4 Å². The number of nitrogens with zero attached hydrogens (tertiary/aromatic N) is 2. The van der Waals surface area contributed by atoms with Gasteiger partial charge in [-0.15, -0.1) is 10.1 Å². The van der Waals surface area contributed by atoms with Crippen molar-refractivity contribution in [2.75, 3.05) is 18.4 Å². The molecule has 1 rings (SSSR count). The first-order chi connectivity index (χ1) is 11.4. The molecule has 0 aliphatic rings. The molecule has 8 nitrogen and oxygen atoms in total. The third-order valence-corrected chi connectivity index (χ3v) is 2.94. The molecule has 0 atom stereocenters. The van der Waals surface area contributed by atoms with Gasteiger partial charge in [-0.2, -0.15) is 0 Å². The van der Waals surface area contributed by atoms with Gasteiger partial charge < -0.3 is 15.0 Å². The molecule has 1 aromatic rings. The number of anilines is 1. The number of hydroxylamine groups is 4. The molecule has 132 valence electrons. The molecule has 0 saturated heterocycles. The second-order valence-electron chi connectivity index (χ2n) is 4.86. The van der Waals surface area contributed by atoms with E-state index in [1.807, 2.05) is 6.07 Å². The number of benzene rings is 1. The van der Waals surface area contributed by atoms with Gasteiger partial charge >= 0.3 is 11.9 Å². The Morgan fingerprint density at radius 2 is 1.42 bits per heavy atom. The highest BCUT2D eigenvalue weighted by Crippen LogP contribution is 2.13. The average Bonchev–Trinajstić information content (AvgIpc) is 2.53. The Hall–Kier alpha value is -2.45. The van der Waals surface area contributed by atoms with E-state index in [1.165, 1.54) is 13.8 Å². The Labute approximate surface area is 141 Å². The van der Waals surface area contributed by atoms with E-state index < -0.39 is 24.0 Å². The normalized spacial score (nSPS) is 10.8. The fourth-order valence-corrected chi connectivity index (χ4v) is 2.04. The molecular formula is C16H23N3O5. The van der Waals surface area contributed by atoms with E-state index in [0.717, 1.165) is 10.1 Å². The molecule has 0 radical (unpaired) electrons. The number of para-hydroxylation sites is 1. The van der Waals surface area contributed by atoms with Crippen LogP contribution >= 0.6 is 0 Å².